The third-order valence-corrected chi connectivity index (χ3v) is 5.69. The predicted molar refractivity (Wildman–Crippen MR) is 90.6 cm³/mol. The first-order chi connectivity index (χ1) is 10.3. The number of nitrogens with one attached hydrogen (secondary N) is 1. The SMILES string of the molecule is CCCCC(CC)CC1(CNCCC)CCOC1C1CC1. The van der Waals surface area contributed by atoms with E-state index in [2.05, 4.69) is 26.1 Å². The molecule has 1 aliphatic heterocycles. The number of unbranched alkanes of at least 4 members (excludes halogenated alkanes) is 1. The van der Waals surface area contributed by atoms with E-state index in [1.165, 1.54) is 64.3 Å². The molecule has 2 aliphatic rings. The molecule has 3 atom stereocenters. The van der Waals surface area contributed by atoms with E-state index in [-0.39, 0.29) is 0 Å². The fraction of sp³-hybridized carbons (Fsp3) is 1.00. The van der Waals surface area contributed by atoms with Gasteiger partial charge in [-0.3, -0.25) is 0 Å². The lowest BCUT2D eigenvalue weighted by Crippen LogP contribution is -2.43. The van der Waals surface area contributed by atoms with Crippen LogP contribution in [-0.4, -0.2) is 25.8 Å². The maximum Gasteiger partial charge on any atom is 0.0672 e. The van der Waals surface area contributed by atoms with E-state index in [0.717, 1.165) is 25.0 Å². The Morgan fingerprint density at radius 2 is 2.00 bits per heavy atom. The lowest BCUT2D eigenvalue weighted by atomic mass is 9.71. The molecule has 0 amide bonds. The molecule has 0 aromatic rings. The Hall–Kier alpha value is -0.0800. The van der Waals surface area contributed by atoms with E-state index in [1.54, 1.807) is 0 Å². The van der Waals surface area contributed by atoms with Crippen LogP contribution in [0.5, 0.6) is 0 Å². The molecule has 2 rings (SSSR count). The molecule has 0 aromatic heterocycles. The molecule has 0 aromatic carbocycles. The highest BCUT2D eigenvalue weighted by Crippen LogP contribution is 2.51. The fourth-order valence-electron chi connectivity index (χ4n) is 4.25. The van der Waals surface area contributed by atoms with Gasteiger partial charge < -0.3 is 10.1 Å². The zero-order valence-corrected chi connectivity index (χ0v) is 14.6. The first-order valence-electron chi connectivity index (χ1n) is 9.58. The highest BCUT2D eigenvalue weighted by Gasteiger charge is 2.51. The minimum absolute atomic E-state index is 0.435. The lowest BCUT2D eigenvalue weighted by molar-refractivity contribution is 0.0174. The minimum atomic E-state index is 0.435. The van der Waals surface area contributed by atoms with Gasteiger partial charge in [-0.15, -0.1) is 0 Å². The lowest BCUT2D eigenvalue weighted by Gasteiger charge is -2.38. The summed E-state index contributed by atoms with van der Waals surface area (Å²) in [5.74, 6) is 1.77. The fourth-order valence-corrected chi connectivity index (χ4v) is 4.25. The highest BCUT2D eigenvalue weighted by molar-refractivity contribution is 5.01. The van der Waals surface area contributed by atoms with Gasteiger partial charge in [-0.2, -0.15) is 0 Å². The van der Waals surface area contributed by atoms with Crippen molar-refractivity contribution in [2.75, 3.05) is 19.7 Å². The molecule has 0 bridgehead atoms. The quantitative estimate of drug-likeness (QED) is 0.554. The van der Waals surface area contributed by atoms with Crippen molar-refractivity contribution in [2.45, 2.75) is 84.7 Å². The standard InChI is InChI=1S/C19H37NO/c1-4-7-8-16(6-3)14-19(15-20-12-5-2)11-13-21-18(19)17-9-10-17/h16-18,20H,4-15H2,1-3H3. The average Bonchev–Trinajstić information content (AvgIpc) is 3.26. The zero-order chi connectivity index (χ0) is 15.1. The van der Waals surface area contributed by atoms with E-state index >= 15 is 0 Å². The van der Waals surface area contributed by atoms with Crippen LogP contribution in [0.4, 0.5) is 0 Å². The summed E-state index contributed by atoms with van der Waals surface area (Å²) in [5, 5.41) is 3.74. The van der Waals surface area contributed by atoms with Crippen molar-refractivity contribution in [3.05, 3.63) is 0 Å². The van der Waals surface area contributed by atoms with Crippen molar-refractivity contribution >= 4 is 0 Å². The Morgan fingerprint density at radius 1 is 1.19 bits per heavy atom. The zero-order valence-electron chi connectivity index (χ0n) is 14.6. The van der Waals surface area contributed by atoms with E-state index < -0.39 is 0 Å². The van der Waals surface area contributed by atoms with Crippen LogP contribution in [0.1, 0.15) is 78.6 Å². The van der Waals surface area contributed by atoms with Gasteiger partial charge in [0.2, 0.25) is 0 Å². The van der Waals surface area contributed by atoms with Crippen molar-refractivity contribution in [1.29, 1.82) is 0 Å². The second-order valence-corrected chi connectivity index (χ2v) is 7.54. The highest BCUT2D eigenvalue weighted by atomic mass is 16.5. The van der Waals surface area contributed by atoms with Crippen molar-refractivity contribution < 1.29 is 4.74 Å². The minimum Gasteiger partial charge on any atom is -0.377 e. The summed E-state index contributed by atoms with van der Waals surface area (Å²) in [6.45, 7) is 10.3. The Labute approximate surface area is 132 Å². The smallest absolute Gasteiger partial charge is 0.0672 e. The summed E-state index contributed by atoms with van der Waals surface area (Å²) < 4.78 is 6.23. The molecular formula is C19H37NO. The molecule has 124 valence electrons. The molecule has 1 aliphatic carbocycles. The van der Waals surface area contributed by atoms with E-state index in [9.17, 15) is 0 Å². The number of rotatable bonds is 11. The Morgan fingerprint density at radius 3 is 2.62 bits per heavy atom. The second-order valence-electron chi connectivity index (χ2n) is 7.54. The monoisotopic (exact) mass is 295 g/mol. The maximum atomic E-state index is 6.23. The molecule has 3 unspecified atom stereocenters. The third kappa shape index (κ3) is 4.69. The maximum absolute atomic E-state index is 6.23. The van der Waals surface area contributed by atoms with Crippen LogP contribution < -0.4 is 5.32 Å². The van der Waals surface area contributed by atoms with Crippen LogP contribution in [0.2, 0.25) is 0 Å². The largest absolute Gasteiger partial charge is 0.377 e. The van der Waals surface area contributed by atoms with Crippen molar-refractivity contribution in [1.82, 2.24) is 5.32 Å². The van der Waals surface area contributed by atoms with Crippen LogP contribution in [0.25, 0.3) is 0 Å². The molecular weight excluding hydrogens is 258 g/mol. The first kappa shape index (κ1) is 17.3. The van der Waals surface area contributed by atoms with Gasteiger partial charge in [-0.1, -0.05) is 46.5 Å². The Bertz CT molecular complexity index is 289. The van der Waals surface area contributed by atoms with E-state index in [4.69, 9.17) is 4.74 Å². The summed E-state index contributed by atoms with van der Waals surface area (Å²) in [7, 11) is 0. The van der Waals surface area contributed by atoms with Crippen molar-refractivity contribution in [3.63, 3.8) is 0 Å². The molecule has 1 saturated heterocycles. The van der Waals surface area contributed by atoms with Crippen LogP contribution >= 0.6 is 0 Å². The van der Waals surface area contributed by atoms with Crippen LogP contribution in [0.3, 0.4) is 0 Å². The number of ether oxygens (including phenoxy) is 1. The van der Waals surface area contributed by atoms with Gasteiger partial charge >= 0.3 is 0 Å². The number of hydrogen-bond acceptors (Lipinski definition) is 2. The normalized spacial score (nSPS) is 30.7. The van der Waals surface area contributed by atoms with Gasteiger partial charge in [0.25, 0.3) is 0 Å². The summed E-state index contributed by atoms with van der Waals surface area (Å²) in [5.41, 5.74) is 0.435. The molecule has 0 radical (unpaired) electrons. The van der Waals surface area contributed by atoms with Gasteiger partial charge in [0.1, 0.15) is 0 Å². The summed E-state index contributed by atoms with van der Waals surface area (Å²) in [6.07, 6.45) is 12.8. The van der Waals surface area contributed by atoms with Crippen molar-refractivity contribution in [2.24, 2.45) is 17.3 Å². The topological polar surface area (TPSA) is 21.3 Å². The Balaban J connectivity index is 1.99. The summed E-state index contributed by atoms with van der Waals surface area (Å²) >= 11 is 0. The van der Waals surface area contributed by atoms with Gasteiger partial charge in [-0.25, -0.2) is 0 Å². The molecule has 1 N–H and O–H groups in total. The summed E-state index contributed by atoms with van der Waals surface area (Å²) in [6, 6.07) is 0. The summed E-state index contributed by atoms with van der Waals surface area (Å²) in [4.78, 5) is 0. The average molecular weight is 296 g/mol. The Kier molecular flexibility index (Phi) is 7.01. The molecule has 2 heteroatoms. The molecule has 2 fully saturated rings. The second kappa shape index (κ2) is 8.53. The number of hydrogen-bond donors (Lipinski definition) is 1. The van der Waals surface area contributed by atoms with Gasteiger partial charge in [-0.05, 0) is 50.5 Å². The van der Waals surface area contributed by atoms with E-state index in [0.29, 0.717) is 11.5 Å². The van der Waals surface area contributed by atoms with E-state index in [1.807, 2.05) is 0 Å². The van der Waals surface area contributed by atoms with Gasteiger partial charge in [0.05, 0.1) is 6.10 Å². The first-order valence-corrected chi connectivity index (χ1v) is 9.58. The van der Waals surface area contributed by atoms with Gasteiger partial charge in [0.15, 0.2) is 0 Å². The van der Waals surface area contributed by atoms with Gasteiger partial charge in [0, 0.05) is 18.6 Å². The molecule has 0 spiro atoms. The molecule has 2 nitrogen and oxygen atoms in total. The molecule has 21 heavy (non-hydrogen) atoms. The van der Waals surface area contributed by atoms with Crippen LogP contribution in [0.15, 0.2) is 0 Å². The predicted octanol–water partition coefficient (Wildman–Crippen LogP) is 4.78. The van der Waals surface area contributed by atoms with Crippen LogP contribution in [-0.2, 0) is 4.74 Å². The van der Waals surface area contributed by atoms with Crippen molar-refractivity contribution in [3.8, 4) is 0 Å². The molecule has 1 heterocycles. The van der Waals surface area contributed by atoms with Crippen LogP contribution in [0, 0.1) is 17.3 Å². The molecule has 1 saturated carbocycles. The third-order valence-electron chi connectivity index (χ3n) is 5.69.